The highest BCUT2D eigenvalue weighted by Crippen LogP contribution is 2.12. The Morgan fingerprint density at radius 2 is 1.79 bits per heavy atom. The molecule has 1 unspecified atom stereocenters. The minimum atomic E-state index is -2.15. The van der Waals surface area contributed by atoms with Gasteiger partial charge in [0.1, 0.15) is 0 Å². The Morgan fingerprint density at radius 3 is 2.14 bits per heavy atom. The van der Waals surface area contributed by atoms with E-state index in [-0.39, 0.29) is 0 Å². The predicted molar refractivity (Wildman–Crippen MR) is 55.8 cm³/mol. The van der Waals surface area contributed by atoms with Gasteiger partial charge < -0.3 is 10.2 Å². The lowest BCUT2D eigenvalue weighted by atomic mass is 10.0. The van der Waals surface area contributed by atoms with Gasteiger partial charge in [0.2, 0.25) is 0 Å². The number of piperazine rings is 1. The first-order chi connectivity index (χ1) is 6.45. The highest BCUT2D eigenvalue weighted by molar-refractivity contribution is 6.12. The first kappa shape index (κ1) is 12.0. The average Bonchev–Trinajstić information content (AvgIpc) is 2.15. The van der Waals surface area contributed by atoms with Crippen molar-refractivity contribution in [3.05, 3.63) is 0 Å². The topological polar surface area (TPSA) is 46.9 Å². The van der Waals surface area contributed by atoms with Crippen molar-refractivity contribution in [2.45, 2.75) is 32.1 Å². The Kier molecular flexibility index (Phi) is 3.95. The summed E-state index contributed by atoms with van der Waals surface area (Å²) >= 11 is 0. The molecule has 1 rings (SSSR count). The van der Waals surface area contributed by atoms with Crippen LogP contribution in [0.15, 0.2) is 0 Å². The lowest BCUT2D eigenvalue weighted by Crippen LogP contribution is -2.58. The number of hydrogen-bond donors (Lipinski definition) is 2. The number of aliphatic hydroxyl groups is 2. The molecule has 0 bridgehead atoms. The van der Waals surface area contributed by atoms with Crippen LogP contribution in [0.5, 0.6) is 0 Å². The highest BCUT2D eigenvalue weighted by Gasteiger charge is 2.29. The second kappa shape index (κ2) is 4.62. The van der Waals surface area contributed by atoms with Crippen molar-refractivity contribution < 1.29 is 10.2 Å². The number of hydrogen-bond acceptors (Lipinski definition) is 4. The van der Waals surface area contributed by atoms with Crippen molar-refractivity contribution >= 4 is 7.85 Å². The average molecular weight is 198 g/mol. The normalized spacial score (nSPS) is 23.7. The first-order valence-electron chi connectivity index (χ1n) is 5.18. The second-order valence-electron chi connectivity index (χ2n) is 3.97. The molecule has 1 aliphatic heterocycles. The fourth-order valence-electron chi connectivity index (χ4n) is 1.75. The van der Waals surface area contributed by atoms with E-state index in [1.54, 1.807) is 0 Å². The van der Waals surface area contributed by atoms with Crippen molar-refractivity contribution in [2.24, 2.45) is 0 Å². The lowest BCUT2D eigenvalue weighted by molar-refractivity contribution is -0.206. The zero-order valence-electron chi connectivity index (χ0n) is 8.98. The van der Waals surface area contributed by atoms with Gasteiger partial charge in [0.25, 0.3) is 0 Å². The SMILES string of the molecule is [B]C(O)(O)N1CCN(C(C)CC)CC1. The smallest absolute Gasteiger partial charge is 0.178 e. The summed E-state index contributed by atoms with van der Waals surface area (Å²) in [7, 11) is 5.18. The Labute approximate surface area is 86.9 Å². The third-order valence-electron chi connectivity index (χ3n) is 2.99. The maximum atomic E-state index is 9.17. The molecule has 2 N–H and O–H groups in total. The Morgan fingerprint density at radius 1 is 1.29 bits per heavy atom. The van der Waals surface area contributed by atoms with Gasteiger partial charge in [0.15, 0.2) is 13.7 Å². The van der Waals surface area contributed by atoms with Gasteiger partial charge in [-0.05, 0) is 13.3 Å². The molecule has 14 heavy (non-hydrogen) atoms. The van der Waals surface area contributed by atoms with Crippen molar-refractivity contribution in [3.8, 4) is 0 Å². The summed E-state index contributed by atoms with van der Waals surface area (Å²) in [5, 5.41) is 18.3. The molecule has 5 heteroatoms. The van der Waals surface area contributed by atoms with Gasteiger partial charge in [-0.25, -0.2) is 0 Å². The molecule has 4 nitrogen and oxygen atoms in total. The van der Waals surface area contributed by atoms with E-state index < -0.39 is 5.81 Å². The largest absolute Gasteiger partial charge is 0.362 e. The first-order valence-corrected chi connectivity index (χ1v) is 5.18. The quantitative estimate of drug-likeness (QED) is 0.459. The molecule has 0 aromatic heterocycles. The fraction of sp³-hybridized carbons (Fsp3) is 1.00. The van der Waals surface area contributed by atoms with Crippen molar-refractivity contribution in [1.29, 1.82) is 0 Å². The van der Waals surface area contributed by atoms with Crippen LogP contribution >= 0.6 is 0 Å². The van der Waals surface area contributed by atoms with Gasteiger partial charge in [-0.2, -0.15) is 0 Å². The number of nitrogens with zero attached hydrogens (tertiary/aromatic N) is 2. The summed E-state index contributed by atoms with van der Waals surface area (Å²) < 4.78 is 0. The van der Waals surface area contributed by atoms with Gasteiger partial charge >= 0.3 is 0 Å². The van der Waals surface area contributed by atoms with Crippen molar-refractivity contribution in [1.82, 2.24) is 9.80 Å². The summed E-state index contributed by atoms with van der Waals surface area (Å²) in [6, 6.07) is 0.557. The van der Waals surface area contributed by atoms with Crippen LogP contribution in [0.4, 0.5) is 0 Å². The predicted octanol–water partition coefficient (Wildman–Crippen LogP) is -0.833. The van der Waals surface area contributed by atoms with Crippen LogP contribution in [-0.2, 0) is 0 Å². The monoisotopic (exact) mass is 198 g/mol. The maximum absolute atomic E-state index is 9.17. The van der Waals surface area contributed by atoms with E-state index in [4.69, 9.17) is 18.1 Å². The van der Waals surface area contributed by atoms with Crippen LogP contribution in [0.1, 0.15) is 20.3 Å². The third-order valence-corrected chi connectivity index (χ3v) is 2.99. The van der Waals surface area contributed by atoms with Crippen LogP contribution in [-0.4, -0.2) is 65.9 Å². The van der Waals surface area contributed by atoms with Crippen molar-refractivity contribution in [2.75, 3.05) is 26.2 Å². The summed E-state index contributed by atoms with van der Waals surface area (Å²) in [6.07, 6.45) is 1.12. The number of rotatable bonds is 3. The van der Waals surface area contributed by atoms with Crippen LogP contribution in [0.3, 0.4) is 0 Å². The molecule has 80 valence electrons. The van der Waals surface area contributed by atoms with Gasteiger partial charge in [0, 0.05) is 32.2 Å². The zero-order valence-corrected chi connectivity index (χ0v) is 8.98. The van der Waals surface area contributed by atoms with Crippen LogP contribution in [0.2, 0.25) is 0 Å². The van der Waals surface area contributed by atoms with E-state index in [0.29, 0.717) is 19.1 Å². The summed E-state index contributed by atoms with van der Waals surface area (Å²) in [5.41, 5.74) is 0. The molecule has 1 heterocycles. The van der Waals surface area contributed by atoms with E-state index in [1.807, 2.05) is 0 Å². The van der Waals surface area contributed by atoms with E-state index in [9.17, 15) is 0 Å². The molecule has 1 aliphatic rings. The molecule has 1 atom stereocenters. The molecule has 0 amide bonds. The Bertz CT molecular complexity index is 176. The van der Waals surface area contributed by atoms with Crippen LogP contribution in [0.25, 0.3) is 0 Å². The Balaban J connectivity index is 2.39. The summed E-state index contributed by atoms with van der Waals surface area (Å²) in [6.45, 7) is 7.23. The van der Waals surface area contributed by atoms with E-state index >= 15 is 0 Å². The van der Waals surface area contributed by atoms with Gasteiger partial charge in [-0.3, -0.25) is 9.80 Å². The zero-order chi connectivity index (χ0) is 10.8. The fourth-order valence-corrected chi connectivity index (χ4v) is 1.75. The maximum Gasteiger partial charge on any atom is 0.178 e. The van der Waals surface area contributed by atoms with Gasteiger partial charge in [-0.15, -0.1) is 0 Å². The Hall–Kier alpha value is -0.0951. The minimum Gasteiger partial charge on any atom is -0.362 e. The molecule has 2 radical (unpaired) electrons. The highest BCUT2D eigenvalue weighted by atomic mass is 16.5. The second-order valence-corrected chi connectivity index (χ2v) is 3.97. The lowest BCUT2D eigenvalue weighted by Gasteiger charge is -2.42. The summed E-state index contributed by atoms with van der Waals surface area (Å²) in [5.74, 6) is -2.15. The molecule has 0 aromatic rings. The molecule has 0 aromatic carbocycles. The van der Waals surface area contributed by atoms with E-state index in [2.05, 4.69) is 18.7 Å². The molecule has 1 fully saturated rings. The molecule has 0 aliphatic carbocycles. The minimum absolute atomic E-state index is 0.557. The van der Waals surface area contributed by atoms with E-state index in [0.717, 1.165) is 19.5 Å². The third kappa shape index (κ3) is 2.95. The summed E-state index contributed by atoms with van der Waals surface area (Å²) in [4.78, 5) is 3.81. The standard InChI is InChI=1S/C9H19BN2O2/c1-3-8(2)11-4-6-12(7-5-11)9(10,13)14/h8,13-14H,3-7H2,1-2H3. The molecular weight excluding hydrogens is 179 g/mol. The molecular formula is C9H19BN2O2. The molecule has 1 saturated heterocycles. The van der Waals surface area contributed by atoms with Crippen LogP contribution < -0.4 is 0 Å². The van der Waals surface area contributed by atoms with E-state index in [1.165, 1.54) is 4.90 Å². The van der Waals surface area contributed by atoms with Gasteiger partial charge in [-0.1, -0.05) is 6.92 Å². The molecule has 0 spiro atoms. The molecule has 0 saturated carbocycles. The van der Waals surface area contributed by atoms with Gasteiger partial charge in [0.05, 0.1) is 0 Å². The van der Waals surface area contributed by atoms with Crippen LogP contribution in [0, 0.1) is 0 Å². The van der Waals surface area contributed by atoms with Crippen molar-refractivity contribution in [3.63, 3.8) is 0 Å².